The van der Waals surface area contributed by atoms with Gasteiger partial charge in [0.05, 0.1) is 17.6 Å². The van der Waals surface area contributed by atoms with Crippen LogP contribution in [0.3, 0.4) is 0 Å². The van der Waals surface area contributed by atoms with Gasteiger partial charge in [-0.15, -0.1) is 0 Å². The van der Waals surface area contributed by atoms with Crippen molar-refractivity contribution in [2.75, 3.05) is 46.4 Å². The minimum atomic E-state index is -3.84. The summed E-state index contributed by atoms with van der Waals surface area (Å²) < 4.78 is 32.3. The summed E-state index contributed by atoms with van der Waals surface area (Å²) in [6, 6.07) is 6.06. The zero-order chi connectivity index (χ0) is 22.4. The molecule has 2 aliphatic heterocycles. The molecule has 9 heteroatoms. The van der Waals surface area contributed by atoms with E-state index in [0.29, 0.717) is 25.3 Å². The largest absolute Gasteiger partial charge is 0.465 e. The molecular weight excluding hydrogens is 418 g/mol. The Morgan fingerprint density at radius 2 is 1.77 bits per heavy atom. The van der Waals surface area contributed by atoms with Crippen molar-refractivity contribution < 1.29 is 22.7 Å². The summed E-state index contributed by atoms with van der Waals surface area (Å²) in [6.45, 7) is 6.57. The Bertz CT molecular complexity index is 875. The zero-order valence-corrected chi connectivity index (χ0v) is 19.2. The predicted molar refractivity (Wildman–Crippen MR) is 117 cm³/mol. The topological polar surface area (TPSA) is 96.0 Å². The van der Waals surface area contributed by atoms with E-state index in [2.05, 4.69) is 17.1 Å². The molecule has 172 valence electrons. The standard InChI is InChI=1S/C22H33N3O5S/c1-17(16-24-11-5-6-12-24)15-23-21(26)18-9-13-25(14-10-18)31(28,29)20-8-4-3-7-19(20)22(27)30-2/h3-4,7-8,17-18H,5-6,9-16H2,1-2H3,(H,23,26). The molecule has 0 saturated carbocycles. The number of rotatable bonds is 8. The number of hydrogen-bond acceptors (Lipinski definition) is 6. The summed E-state index contributed by atoms with van der Waals surface area (Å²) in [5, 5.41) is 3.05. The number of ether oxygens (including phenoxy) is 1. The molecule has 0 radical (unpaired) electrons. The number of carbonyl (C=O) groups is 2. The number of hydrogen-bond donors (Lipinski definition) is 1. The maximum atomic E-state index is 13.1. The minimum absolute atomic E-state index is 0.000260. The first kappa shape index (κ1) is 23.7. The summed E-state index contributed by atoms with van der Waals surface area (Å²) in [4.78, 5) is 27.0. The molecule has 2 fully saturated rings. The molecule has 3 rings (SSSR count). The molecule has 1 aromatic carbocycles. The van der Waals surface area contributed by atoms with Gasteiger partial charge in [-0.25, -0.2) is 13.2 Å². The van der Waals surface area contributed by atoms with E-state index in [4.69, 9.17) is 4.74 Å². The van der Waals surface area contributed by atoms with Crippen LogP contribution in [0.15, 0.2) is 29.2 Å². The van der Waals surface area contributed by atoms with Crippen LogP contribution in [0.2, 0.25) is 0 Å². The van der Waals surface area contributed by atoms with Crippen molar-refractivity contribution in [3.63, 3.8) is 0 Å². The first-order valence-electron chi connectivity index (χ1n) is 11.0. The van der Waals surface area contributed by atoms with Crippen LogP contribution in [-0.4, -0.2) is 75.9 Å². The predicted octanol–water partition coefficient (Wildman–Crippen LogP) is 1.72. The Labute approximate surface area is 185 Å². The number of benzene rings is 1. The molecule has 0 spiro atoms. The molecule has 0 bridgehead atoms. The van der Waals surface area contributed by atoms with Crippen LogP contribution in [0.4, 0.5) is 0 Å². The fourth-order valence-electron chi connectivity index (χ4n) is 4.36. The number of nitrogens with one attached hydrogen (secondary N) is 1. The molecule has 1 unspecified atom stereocenters. The highest BCUT2D eigenvalue weighted by molar-refractivity contribution is 7.89. The molecule has 2 aliphatic rings. The molecule has 0 aromatic heterocycles. The zero-order valence-electron chi connectivity index (χ0n) is 18.4. The Balaban J connectivity index is 1.53. The van der Waals surface area contributed by atoms with Gasteiger partial charge in [-0.1, -0.05) is 19.1 Å². The van der Waals surface area contributed by atoms with Crippen LogP contribution in [-0.2, 0) is 19.6 Å². The van der Waals surface area contributed by atoms with Gasteiger partial charge in [0.1, 0.15) is 0 Å². The molecule has 8 nitrogen and oxygen atoms in total. The van der Waals surface area contributed by atoms with Crippen LogP contribution >= 0.6 is 0 Å². The van der Waals surface area contributed by atoms with Crippen LogP contribution in [0.25, 0.3) is 0 Å². The third kappa shape index (κ3) is 5.84. The molecule has 0 aliphatic carbocycles. The van der Waals surface area contributed by atoms with Crippen LogP contribution in [0.5, 0.6) is 0 Å². The average Bonchev–Trinajstić information content (AvgIpc) is 3.30. The highest BCUT2D eigenvalue weighted by Gasteiger charge is 2.34. The van der Waals surface area contributed by atoms with Gasteiger partial charge in [-0.3, -0.25) is 4.79 Å². The summed E-state index contributed by atoms with van der Waals surface area (Å²) in [7, 11) is -2.62. The fraction of sp³-hybridized carbons (Fsp3) is 0.636. The lowest BCUT2D eigenvalue weighted by molar-refractivity contribution is -0.126. The Morgan fingerprint density at radius 3 is 2.42 bits per heavy atom. The number of esters is 1. The first-order chi connectivity index (χ1) is 14.8. The number of carbonyl (C=O) groups excluding carboxylic acids is 2. The minimum Gasteiger partial charge on any atom is -0.465 e. The van der Waals surface area contributed by atoms with Crippen molar-refractivity contribution in [1.82, 2.24) is 14.5 Å². The van der Waals surface area contributed by atoms with Gasteiger partial charge in [-0.2, -0.15) is 4.31 Å². The molecule has 1 aromatic rings. The van der Waals surface area contributed by atoms with Crippen molar-refractivity contribution >= 4 is 21.9 Å². The van der Waals surface area contributed by atoms with Crippen LogP contribution < -0.4 is 5.32 Å². The van der Waals surface area contributed by atoms with E-state index in [1.807, 2.05) is 0 Å². The molecule has 2 heterocycles. The highest BCUT2D eigenvalue weighted by atomic mass is 32.2. The lowest BCUT2D eigenvalue weighted by Gasteiger charge is -2.31. The number of methoxy groups -OCH3 is 1. The Kier molecular flexibility index (Phi) is 8.07. The number of piperidine rings is 1. The lowest BCUT2D eigenvalue weighted by atomic mass is 9.97. The quantitative estimate of drug-likeness (QED) is 0.605. The van der Waals surface area contributed by atoms with Crippen molar-refractivity contribution in [1.29, 1.82) is 0 Å². The van der Waals surface area contributed by atoms with Gasteiger partial charge in [0.2, 0.25) is 15.9 Å². The number of nitrogens with zero attached hydrogens (tertiary/aromatic N) is 2. The summed E-state index contributed by atoms with van der Waals surface area (Å²) in [5.41, 5.74) is 0.0249. The van der Waals surface area contributed by atoms with E-state index in [0.717, 1.165) is 19.6 Å². The second-order valence-corrected chi connectivity index (χ2v) is 10.4. The summed E-state index contributed by atoms with van der Waals surface area (Å²) in [6.07, 6.45) is 3.44. The second kappa shape index (κ2) is 10.6. The lowest BCUT2D eigenvalue weighted by Crippen LogP contribution is -2.44. The van der Waals surface area contributed by atoms with Gasteiger partial charge in [-0.05, 0) is 56.8 Å². The molecular formula is C22H33N3O5S. The molecule has 31 heavy (non-hydrogen) atoms. The highest BCUT2D eigenvalue weighted by Crippen LogP contribution is 2.26. The fourth-order valence-corrected chi connectivity index (χ4v) is 6.01. The average molecular weight is 452 g/mol. The van der Waals surface area contributed by atoms with E-state index in [1.165, 1.54) is 36.4 Å². The number of sulfonamides is 1. The summed E-state index contributed by atoms with van der Waals surface area (Å²) >= 11 is 0. The number of likely N-dealkylation sites (tertiary alicyclic amines) is 1. The van der Waals surface area contributed by atoms with E-state index in [-0.39, 0.29) is 35.4 Å². The maximum absolute atomic E-state index is 13.1. The van der Waals surface area contributed by atoms with Crippen molar-refractivity contribution in [3.8, 4) is 0 Å². The second-order valence-electron chi connectivity index (χ2n) is 8.52. The van der Waals surface area contributed by atoms with Crippen molar-refractivity contribution in [2.24, 2.45) is 11.8 Å². The van der Waals surface area contributed by atoms with Gasteiger partial charge >= 0.3 is 5.97 Å². The van der Waals surface area contributed by atoms with Gasteiger partial charge < -0.3 is 15.0 Å². The normalized spacial score (nSPS) is 19.8. The van der Waals surface area contributed by atoms with Crippen LogP contribution in [0.1, 0.15) is 43.0 Å². The maximum Gasteiger partial charge on any atom is 0.339 e. The Hall–Kier alpha value is -1.97. The third-order valence-corrected chi connectivity index (χ3v) is 8.09. The van der Waals surface area contributed by atoms with Gasteiger partial charge in [0, 0.05) is 32.1 Å². The Morgan fingerprint density at radius 1 is 1.13 bits per heavy atom. The SMILES string of the molecule is COC(=O)c1ccccc1S(=O)(=O)N1CCC(C(=O)NCC(C)CN2CCCC2)CC1. The smallest absolute Gasteiger partial charge is 0.339 e. The summed E-state index contributed by atoms with van der Waals surface area (Å²) in [5.74, 6) is -0.490. The van der Waals surface area contributed by atoms with Crippen molar-refractivity contribution in [3.05, 3.63) is 29.8 Å². The monoisotopic (exact) mass is 451 g/mol. The van der Waals surface area contributed by atoms with Crippen LogP contribution in [0, 0.1) is 11.8 Å². The van der Waals surface area contributed by atoms with E-state index in [9.17, 15) is 18.0 Å². The van der Waals surface area contributed by atoms with E-state index >= 15 is 0 Å². The van der Waals surface area contributed by atoms with Crippen molar-refractivity contribution in [2.45, 2.75) is 37.5 Å². The van der Waals surface area contributed by atoms with E-state index in [1.54, 1.807) is 12.1 Å². The first-order valence-corrected chi connectivity index (χ1v) is 12.4. The molecule has 1 amide bonds. The molecule has 1 N–H and O–H groups in total. The van der Waals surface area contributed by atoms with Gasteiger partial charge in [0.15, 0.2) is 0 Å². The number of amides is 1. The van der Waals surface area contributed by atoms with Gasteiger partial charge in [0.25, 0.3) is 0 Å². The molecule has 2 saturated heterocycles. The molecule has 1 atom stereocenters. The third-order valence-electron chi connectivity index (χ3n) is 6.13. The van der Waals surface area contributed by atoms with E-state index < -0.39 is 16.0 Å².